The Kier molecular flexibility index (Phi) is 2.37. The fourth-order valence-corrected chi connectivity index (χ4v) is 1.81. The maximum atomic E-state index is 11.9. The predicted molar refractivity (Wildman–Crippen MR) is 51.1 cm³/mol. The molecule has 0 bridgehead atoms. The molecule has 0 N–H and O–H groups in total. The van der Waals surface area contributed by atoms with Crippen molar-refractivity contribution in [3.8, 4) is 0 Å². The lowest BCUT2D eigenvalue weighted by Gasteiger charge is -2.10. The van der Waals surface area contributed by atoms with E-state index in [0.717, 1.165) is 6.42 Å². The van der Waals surface area contributed by atoms with Crippen LogP contribution in [0.5, 0.6) is 0 Å². The summed E-state index contributed by atoms with van der Waals surface area (Å²) in [5.74, 6) is 0.0977. The Morgan fingerprint density at radius 2 is 2.50 bits per heavy atom. The van der Waals surface area contributed by atoms with E-state index in [1.54, 1.807) is 16.9 Å². The number of rotatable bonds is 2. The second-order valence-corrected chi connectivity index (χ2v) is 3.71. The van der Waals surface area contributed by atoms with Crippen molar-refractivity contribution >= 4 is 5.78 Å². The maximum Gasteiger partial charge on any atom is 0.188 e. The lowest BCUT2D eigenvalue weighted by molar-refractivity contribution is 0.0759. The van der Waals surface area contributed by atoms with Crippen molar-refractivity contribution in [3.05, 3.63) is 18.0 Å². The van der Waals surface area contributed by atoms with Crippen molar-refractivity contribution in [1.29, 1.82) is 0 Å². The van der Waals surface area contributed by atoms with Gasteiger partial charge in [-0.3, -0.25) is 9.48 Å². The maximum absolute atomic E-state index is 11.9. The third-order valence-electron chi connectivity index (χ3n) is 2.68. The average molecular weight is 194 g/mol. The summed E-state index contributed by atoms with van der Waals surface area (Å²) < 4.78 is 7.01. The fraction of sp³-hybridized carbons (Fsp3) is 0.600. The lowest BCUT2D eigenvalue weighted by Crippen LogP contribution is -2.22. The van der Waals surface area contributed by atoms with Crippen LogP contribution in [0.1, 0.15) is 23.8 Å². The van der Waals surface area contributed by atoms with Crippen LogP contribution in [0.2, 0.25) is 0 Å². The molecule has 0 radical (unpaired) electrons. The van der Waals surface area contributed by atoms with Crippen LogP contribution < -0.4 is 0 Å². The van der Waals surface area contributed by atoms with E-state index < -0.39 is 0 Å². The van der Waals surface area contributed by atoms with Gasteiger partial charge in [-0.1, -0.05) is 0 Å². The van der Waals surface area contributed by atoms with Gasteiger partial charge in [-0.25, -0.2) is 0 Å². The minimum atomic E-state index is -0.00935. The molecule has 2 unspecified atom stereocenters. The summed E-state index contributed by atoms with van der Waals surface area (Å²) in [5.41, 5.74) is 0.551. The first kappa shape index (κ1) is 9.40. The lowest BCUT2D eigenvalue weighted by atomic mass is 9.95. The van der Waals surface area contributed by atoms with Gasteiger partial charge >= 0.3 is 0 Å². The minimum Gasteiger partial charge on any atom is -0.378 e. The molecule has 1 aromatic heterocycles. The van der Waals surface area contributed by atoms with Gasteiger partial charge in [0, 0.05) is 19.9 Å². The Morgan fingerprint density at radius 1 is 1.71 bits per heavy atom. The first-order valence-corrected chi connectivity index (χ1v) is 4.84. The number of nitrogens with zero attached hydrogens (tertiary/aromatic N) is 2. The van der Waals surface area contributed by atoms with Crippen molar-refractivity contribution < 1.29 is 9.53 Å². The quantitative estimate of drug-likeness (QED) is 0.660. The molecule has 14 heavy (non-hydrogen) atoms. The average Bonchev–Trinajstić information content (AvgIpc) is 2.73. The van der Waals surface area contributed by atoms with E-state index in [9.17, 15) is 4.79 Å². The summed E-state index contributed by atoms with van der Waals surface area (Å²) in [6.07, 6.45) is 2.63. The normalized spacial score (nSPS) is 26.7. The van der Waals surface area contributed by atoms with Gasteiger partial charge in [0.2, 0.25) is 0 Å². The SMILES string of the molecule is CC1OCCC1C(=O)c1ccn(C)n1. The van der Waals surface area contributed by atoms with Crippen LogP contribution in [0.15, 0.2) is 12.3 Å². The van der Waals surface area contributed by atoms with Crippen LogP contribution in [0.25, 0.3) is 0 Å². The number of Topliss-reactive ketones (excluding diaryl/α,β-unsaturated/α-hetero) is 1. The minimum absolute atomic E-state index is 0.00935. The summed E-state index contributed by atoms with van der Waals surface area (Å²) >= 11 is 0. The zero-order valence-electron chi connectivity index (χ0n) is 8.43. The van der Waals surface area contributed by atoms with E-state index in [1.807, 2.05) is 14.0 Å². The number of carbonyl (C=O) groups excluding carboxylic acids is 1. The molecule has 0 aliphatic carbocycles. The number of hydrogen-bond donors (Lipinski definition) is 0. The van der Waals surface area contributed by atoms with E-state index in [-0.39, 0.29) is 17.8 Å². The predicted octanol–water partition coefficient (Wildman–Crippen LogP) is 1.03. The molecule has 2 atom stereocenters. The van der Waals surface area contributed by atoms with E-state index >= 15 is 0 Å². The molecule has 1 aliphatic rings. The van der Waals surface area contributed by atoms with E-state index in [2.05, 4.69) is 5.10 Å². The van der Waals surface area contributed by atoms with E-state index in [4.69, 9.17) is 4.74 Å². The molecule has 1 fully saturated rings. The smallest absolute Gasteiger partial charge is 0.188 e. The van der Waals surface area contributed by atoms with Crippen LogP contribution >= 0.6 is 0 Å². The van der Waals surface area contributed by atoms with Crippen molar-refractivity contribution in [2.24, 2.45) is 13.0 Å². The van der Waals surface area contributed by atoms with Gasteiger partial charge in [0.15, 0.2) is 5.78 Å². The van der Waals surface area contributed by atoms with Crippen LogP contribution in [-0.2, 0) is 11.8 Å². The second kappa shape index (κ2) is 3.53. The van der Waals surface area contributed by atoms with E-state index in [1.165, 1.54) is 0 Å². The largest absolute Gasteiger partial charge is 0.378 e. The Labute approximate surface area is 82.9 Å². The third-order valence-corrected chi connectivity index (χ3v) is 2.68. The second-order valence-electron chi connectivity index (χ2n) is 3.71. The molecule has 1 saturated heterocycles. The molecule has 1 aliphatic heterocycles. The number of aromatic nitrogens is 2. The first-order valence-electron chi connectivity index (χ1n) is 4.84. The van der Waals surface area contributed by atoms with Gasteiger partial charge in [-0.05, 0) is 19.4 Å². The van der Waals surface area contributed by atoms with Gasteiger partial charge in [0.25, 0.3) is 0 Å². The molecule has 0 saturated carbocycles. The summed E-state index contributed by atoms with van der Waals surface area (Å²) in [6, 6.07) is 1.76. The molecule has 0 aromatic carbocycles. The first-order chi connectivity index (χ1) is 6.68. The van der Waals surface area contributed by atoms with Crippen molar-refractivity contribution in [2.45, 2.75) is 19.4 Å². The highest BCUT2D eigenvalue weighted by Crippen LogP contribution is 2.23. The number of ketones is 1. The summed E-state index contributed by atoms with van der Waals surface area (Å²) in [4.78, 5) is 11.9. The molecular formula is C10H14N2O2. The third kappa shape index (κ3) is 1.57. The van der Waals surface area contributed by atoms with Crippen molar-refractivity contribution in [3.63, 3.8) is 0 Å². The Balaban J connectivity index is 2.15. The van der Waals surface area contributed by atoms with Crippen LogP contribution in [0.3, 0.4) is 0 Å². The highest BCUT2D eigenvalue weighted by molar-refractivity contribution is 5.96. The molecular weight excluding hydrogens is 180 g/mol. The standard InChI is InChI=1S/C10H14N2O2/c1-7-8(4-6-14-7)10(13)9-3-5-12(2)11-9/h3,5,7-8H,4,6H2,1-2H3. The Hall–Kier alpha value is -1.16. The Morgan fingerprint density at radius 3 is 3.00 bits per heavy atom. The van der Waals surface area contributed by atoms with Gasteiger partial charge < -0.3 is 4.74 Å². The molecule has 1 aromatic rings. The monoisotopic (exact) mass is 194 g/mol. The topological polar surface area (TPSA) is 44.1 Å². The van der Waals surface area contributed by atoms with Crippen LogP contribution in [0, 0.1) is 5.92 Å². The van der Waals surface area contributed by atoms with Crippen LogP contribution in [-0.4, -0.2) is 28.3 Å². The zero-order valence-corrected chi connectivity index (χ0v) is 8.43. The summed E-state index contributed by atoms with van der Waals surface area (Å²) in [5, 5.41) is 4.10. The number of aryl methyl sites for hydroxylation is 1. The van der Waals surface area contributed by atoms with Gasteiger partial charge in [0.1, 0.15) is 5.69 Å². The van der Waals surface area contributed by atoms with Crippen molar-refractivity contribution in [2.75, 3.05) is 6.61 Å². The highest BCUT2D eigenvalue weighted by Gasteiger charge is 2.32. The van der Waals surface area contributed by atoms with Gasteiger partial charge in [0.05, 0.1) is 12.0 Å². The van der Waals surface area contributed by atoms with Gasteiger partial charge in [-0.15, -0.1) is 0 Å². The molecule has 0 amide bonds. The number of ether oxygens (including phenoxy) is 1. The molecule has 0 spiro atoms. The number of carbonyl (C=O) groups is 1. The fourth-order valence-electron chi connectivity index (χ4n) is 1.81. The molecule has 2 heterocycles. The van der Waals surface area contributed by atoms with Crippen LogP contribution in [0.4, 0.5) is 0 Å². The Bertz CT molecular complexity index is 346. The molecule has 2 rings (SSSR count). The molecule has 4 nitrogen and oxygen atoms in total. The zero-order chi connectivity index (χ0) is 10.1. The highest BCUT2D eigenvalue weighted by atomic mass is 16.5. The van der Waals surface area contributed by atoms with E-state index in [0.29, 0.717) is 12.3 Å². The molecule has 76 valence electrons. The summed E-state index contributed by atoms with van der Waals surface area (Å²) in [6.45, 7) is 2.63. The van der Waals surface area contributed by atoms with Crippen molar-refractivity contribution in [1.82, 2.24) is 9.78 Å². The van der Waals surface area contributed by atoms with Gasteiger partial charge in [-0.2, -0.15) is 5.10 Å². The molecule has 4 heteroatoms. The summed E-state index contributed by atoms with van der Waals surface area (Å²) in [7, 11) is 1.81. The number of hydrogen-bond acceptors (Lipinski definition) is 3.